The SMILES string of the molecule is CN/N=C1\C(=O)N(C)CCc2ccccc21. The van der Waals surface area contributed by atoms with Crippen molar-refractivity contribution in [3.63, 3.8) is 0 Å². The van der Waals surface area contributed by atoms with Crippen LogP contribution in [-0.4, -0.2) is 37.2 Å². The molecule has 0 aromatic heterocycles. The van der Waals surface area contributed by atoms with Gasteiger partial charge in [0.05, 0.1) is 0 Å². The minimum Gasteiger partial charge on any atom is -0.340 e. The molecule has 1 aromatic rings. The number of likely N-dealkylation sites (N-methyl/N-ethyl adjacent to an activating group) is 1. The Morgan fingerprint density at radius 3 is 2.88 bits per heavy atom. The molecule has 84 valence electrons. The van der Waals surface area contributed by atoms with Crippen molar-refractivity contribution in [3.05, 3.63) is 35.4 Å². The third kappa shape index (κ3) is 1.78. The van der Waals surface area contributed by atoms with Crippen molar-refractivity contribution in [1.29, 1.82) is 0 Å². The second kappa shape index (κ2) is 4.35. The van der Waals surface area contributed by atoms with Crippen LogP contribution in [0.1, 0.15) is 11.1 Å². The van der Waals surface area contributed by atoms with Gasteiger partial charge in [-0.2, -0.15) is 5.10 Å². The molecular formula is C12H15N3O. The van der Waals surface area contributed by atoms with Crippen LogP contribution in [0.5, 0.6) is 0 Å². The van der Waals surface area contributed by atoms with E-state index < -0.39 is 0 Å². The van der Waals surface area contributed by atoms with Gasteiger partial charge < -0.3 is 10.3 Å². The number of benzene rings is 1. The summed E-state index contributed by atoms with van der Waals surface area (Å²) in [5.74, 6) is -0.0284. The van der Waals surface area contributed by atoms with Crippen molar-refractivity contribution >= 4 is 11.6 Å². The van der Waals surface area contributed by atoms with Gasteiger partial charge in [0.1, 0.15) is 0 Å². The summed E-state index contributed by atoms with van der Waals surface area (Å²) >= 11 is 0. The summed E-state index contributed by atoms with van der Waals surface area (Å²) in [5.41, 5.74) is 5.31. The minimum absolute atomic E-state index is 0.0284. The Labute approximate surface area is 95.0 Å². The Bertz CT molecular complexity index is 440. The molecule has 0 saturated heterocycles. The highest BCUT2D eigenvalue weighted by Crippen LogP contribution is 2.16. The number of hydrazone groups is 1. The van der Waals surface area contributed by atoms with E-state index in [0.717, 1.165) is 18.5 Å². The third-order valence-electron chi connectivity index (χ3n) is 2.76. The van der Waals surface area contributed by atoms with Gasteiger partial charge in [0, 0.05) is 26.2 Å². The maximum atomic E-state index is 12.1. The van der Waals surface area contributed by atoms with Crippen LogP contribution in [0.2, 0.25) is 0 Å². The first-order valence-electron chi connectivity index (χ1n) is 5.32. The zero-order valence-corrected chi connectivity index (χ0v) is 9.53. The van der Waals surface area contributed by atoms with Gasteiger partial charge in [0.15, 0.2) is 5.71 Å². The maximum absolute atomic E-state index is 12.1. The zero-order valence-electron chi connectivity index (χ0n) is 9.53. The van der Waals surface area contributed by atoms with Gasteiger partial charge in [-0.3, -0.25) is 4.79 Å². The fourth-order valence-electron chi connectivity index (χ4n) is 1.87. The Balaban J connectivity index is 2.54. The molecule has 0 fully saturated rings. The van der Waals surface area contributed by atoms with Crippen LogP contribution in [0.4, 0.5) is 0 Å². The minimum atomic E-state index is -0.0284. The number of carbonyl (C=O) groups is 1. The van der Waals surface area contributed by atoms with E-state index in [1.807, 2.05) is 24.3 Å². The molecule has 1 N–H and O–H groups in total. The van der Waals surface area contributed by atoms with Gasteiger partial charge in [-0.25, -0.2) is 0 Å². The molecular weight excluding hydrogens is 202 g/mol. The largest absolute Gasteiger partial charge is 0.340 e. The zero-order chi connectivity index (χ0) is 11.5. The molecule has 1 aliphatic rings. The van der Waals surface area contributed by atoms with Crippen molar-refractivity contribution in [2.45, 2.75) is 6.42 Å². The third-order valence-corrected chi connectivity index (χ3v) is 2.76. The Kier molecular flexibility index (Phi) is 2.90. The van der Waals surface area contributed by atoms with Crippen LogP contribution < -0.4 is 5.43 Å². The lowest BCUT2D eigenvalue weighted by molar-refractivity contribution is -0.122. The number of carbonyl (C=O) groups excluding carboxylic acids is 1. The van der Waals surface area contributed by atoms with Crippen molar-refractivity contribution in [2.24, 2.45) is 5.10 Å². The van der Waals surface area contributed by atoms with Gasteiger partial charge in [0.2, 0.25) is 0 Å². The van der Waals surface area contributed by atoms with Crippen LogP contribution in [-0.2, 0) is 11.2 Å². The van der Waals surface area contributed by atoms with Crippen molar-refractivity contribution in [2.75, 3.05) is 20.6 Å². The smallest absolute Gasteiger partial charge is 0.274 e. The van der Waals surface area contributed by atoms with Crippen LogP contribution in [0.15, 0.2) is 29.4 Å². The molecule has 1 amide bonds. The molecule has 0 saturated carbocycles. The fraction of sp³-hybridized carbons (Fsp3) is 0.333. The summed E-state index contributed by atoms with van der Waals surface area (Å²) in [5, 5.41) is 4.09. The summed E-state index contributed by atoms with van der Waals surface area (Å²) in [7, 11) is 3.51. The highest BCUT2D eigenvalue weighted by molar-refractivity contribution is 6.45. The van der Waals surface area contributed by atoms with E-state index >= 15 is 0 Å². The van der Waals surface area contributed by atoms with E-state index in [-0.39, 0.29) is 5.91 Å². The number of nitrogens with zero attached hydrogens (tertiary/aromatic N) is 2. The lowest BCUT2D eigenvalue weighted by Crippen LogP contribution is -2.33. The predicted octanol–water partition coefficient (Wildman–Crippen LogP) is 0.625. The van der Waals surface area contributed by atoms with Gasteiger partial charge >= 0.3 is 0 Å². The molecule has 16 heavy (non-hydrogen) atoms. The summed E-state index contributed by atoms with van der Waals surface area (Å²) in [6.07, 6.45) is 0.876. The monoisotopic (exact) mass is 217 g/mol. The molecule has 0 radical (unpaired) electrons. The second-order valence-electron chi connectivity index (χ2n) is 3.82. The quantitative estimate of drug-likeness (QED) is 0.701. The molecule has 0 unspecified atom stereocenters. The second-order valence-corrected chi connectivity index (χ2v) is 3.82. The van der Waals surface area contributed by atoms with Gasteiger partial charge in [0.25, 0.3) is 5.91 Å². The van der Waals surface area contributed by atoms with Crippen LogP contribution in [0.3, 0.4) is 0 Å². The molecule has 0 atom stereocenters. The first kappa shape index (κ1) is 10.7. The number of nitrogens with one attached hydrogen (secondary N) is 1. The number of hydrogen-bond acceptors (Lipinski definition) is 3. The van der Waals surface area contributed by atoms with Gasteiger partial charge in [-0.1, -0.05) is 24.3 Å². The van der Waals surface area contributed by atoms with Crippen LogP contribution in [0, 0.1) is 0 Å². The highest BCUT2D eigenvalue weighted by Gasteiger charge is 2.24. The van der Waals surface area contributed by atoms with E-state index in [1.54, 1.807) is 19.0 Å². The number of hydrogen-bond donors (Lipinski definition) is 1. The standard InChI is InChI=1S/C12H15N3O/c1-13-14-11-10-6-4-3-5-9(10)7-8-15(2)12(11)16/h3-6,13H,7-8H2,1-2H3/b14-11-. The topological polar surface area (TPSA) is 44.7 Å². The van der Waals surface area contributed by atoms with Gasteiger partial charge in [-0.15, -0.1) is 0 Å². The van der Waals surface area contributed by atoms with E-state index in [0.29, 0.717) is 5.71 Å². The number of amides is 1. The van der Waals surface area contributed by atoms with E-state index in [1.165, 1.54) is 5.56 Å². The van der Waals surface area contributed by atoms with Crippen molar-refractivity contribution in [3.8, 4) is 0 Å². The Morgan fingerprint density at radius 2 is 2.12 bits per heavy atom. The molecule has 0 aliphatic carbocycles. The van der Waals surface area contributed by atoms with Crippen molar-refractivity contribution in [1.82, 2.24) is 10.3 Å². The molecule has 1 aliphatic heterocycles. The maximum Gasteiger partial charge on any atom is 0.274 e. The lowest BCUT2D eigenvalue weighted by atomic mass is 10.0. The predicted molar refractivity (Wildman–Crippen MR) is 63.4 cm³/mol. The number of rotatable bonds is 1. The normalized spacial score (nSPS) is 18.2. The Morgan fingerprint density at radius 1 is 1.38 bits per heavy atom. The number of fused-ring (bicyclic) bond motifs is 1. The fourth-order valence-corrected chi connectivity index (χ4v) is 1.87. The first-order chi connectivity index (χ1) is 7.74. The molecule has 1 aromatic carbocycles. The van der Waals surface area contributed by atoms with E-state index in [4.69, 9.17) is 0 Å². The molecule has 1 heterocycles. The van der Waals surface area contributed by atoms with E-state index in [9.17, 15) is 4.79 Å². The summed E-state index contributed by atoms with van der Waals surface area (Å²) < 4.78 is 0. The molecule has 0 spiro atoms. The summed E-state index contributed by atoms with van der Waals surface area (Å²) in [6.45, 7) is 0.735. The average molecular weight is 217 g/mol. The first-order valence-corrected chi connectivity index (χ1v) is 5.32. The van der Waals surface area contributed by atoms with Crippen LogP contribution in [0.25, 0.3) is 0 Å². The summed E-state index contributed by atoms with van der Waals surface area (Å²) in [4.78, 5) is 13.8. The molecule has 2 rings (SSSR count). The summed E-state index contributed by atoms with van der Waals surface area (Å²) in [6, 6.07) is 7.92. The molecule has 4 heteroatoms. The van der Waals surface area contributed by atoms with Crippen molar-refractivity contribution < 1.29 is 4.79 Å². The Hall–Kier alpha value is -1.84. The lowest BCUT2D eigenvalue weighted by Gasteiger charge is -2.13. The van der Waals surface area contributed by atoms with Crippen LogP contribution >= 0.6 is 0 Å². The van der Waals surface area contributed by atoms with E-state index in [2.05, 4.69) is 10.5 Å². The molecule has 4 nitrogen and oxygen atoms in total. The highest BCUT2D eigenvalue weighted by atomic mass is 16.2. The molecule has 0 bridgehead atoms. The average Bonchev–Trinajstić information content (AvgIpc) is 2.42. The van der Waals surface area contributed by atoms with Gasteiger partial charge in [-0.05, 0) is 12.0 Å².